The van der Waals surface area contributed by atoms with Crippen LogP contribution in [0, 0.1) is 11.3 Å². The van der Waals surface area contributed by atoms with E-state index >= 15 is 0 Å². The summed E-state index contributed by atoms with van der Waals surface area (Å²) in [4.78, 5) is 29.4. The number of likely N-dealkylation sites (tertiary alicyclic amines) is 1. The molecule has 3 unspecified atom stereocenters. The van der Waals surface area contributed by atoms with Crippen LogP contribution in [0.5, 0.6) is 6.01 Å². The maximum Gasteiger partial charge on any atom is 0.318 e. The second kappa shape index (κ2) is 11.5. The zero-order valence-corrected chi connectivity index (χ0v) is 24.2. The molecule has 0 saturated carbocycles. The van der Waals surface area contributed by atoms with Crippen LogP contribution in [0.25, 0.3) is 10.8 Å². The molecule has 218 valence electrons. The van der Waals surface area contributed by atoms with Crippen molar-refractivity contribution in [2.75, 3.05) is 51.3 Å². The molecule has 0 bridgehead atoms. The minimum Gasteiger partial charge on any atom is -0.462 e. The third kappa shape index (κ3) is 5.30. The fourth-order valence-electron chi connectivity index (χ4n) is 7.13. The Balaban J connectivity index is 1.20. The third-order valence-electron chi connectivity index (χ3n) is 9.57. The highest BCUT2D eigenvalue weighted by Crippen LogP contribution is 2.39. The predicted molar refractivity (Wildman–Crippen MR) is 160 cm³/mol. The van der Waals surface area contributed by atoms with Crippen molar-refractivity contribution in [1.29, 1.82) is 5.26 Å². The molecule has 42 heavy (non-hydrogen) atoms. The number of piperazine rings is 1. The topological polar surface area (TPSA) is 98.1 Å². The van der Waals surface area contributed by atoms with Crippen molar-refractivity contribution in [2.45, 2.75) is 62.6 Å². The van der Waals surface area contributed by atoms with Gasteiger partial charge in [0.25, 0.3) is 5.91 Å². The molecule has 4 aliphatic rings. The van der Waals surface area contributed by atoms with Crippen LogP contribution >= 0.6 is 0 Å². The minimum absolute atomic E-state index is 0.00208. The molecule has 3 aromatic rings. The zero-order chi connectivity index (χ0) is 28.6. The smallest absolute Gasteiger partial charge is 0.318 e. The van der Waals surface area contributed by atoms with Gasteiger partial charge in [0.05, 0.1) is 30.8 Å². The van der Waals surface area contributed by atoms with Crippen LogP contribution in [0.15, 0.2) is 42.5 Å². The van der Waals surface area contributed by atoms with Crippen molar-refractivity contribution in [3.63, 3.8) is 0 Å². The van der Waals surface area contributed by atoms with Gasteiger partial charge in [-0.25, -0.2) is 0 Å². The Bertz CT molecular complexity index is 1510. The van der Waals surface area contributed by atoms with E-state index in [-0.39, 0.29) is 24.5 Å². The number of amides is 1. The number of hydrogen-bond donors (Lipinski definition) is 0. The summed E-state index contributed by atoms with van der Waals surface area (Å²) in [7, 11) is 2.15. The zero-order valence-electron chi connectivity index (χ0n) is 24.2. The van der Waals surface area contributed by atoms with Gasteiger partial charge >= 0.3 is 6.01 Å². The Morgan fingerprint density at radius 2 is 1.95 bits per heavy atom. The second-order valence-electron chi connectivity index (χ2n) is 12.2. The highest BCUT2D eigenvalue weighted by atomic mass is 16.6. The maximum absolute atomic E-state index is 12.9. The van der Waals surface area contributed by atoms with Crippen molar-refractivity contribution < 1.29 is 14.3 Å². The first-order valence-electron chi connectivity index (χ1n) is 15.3. The Kier molecular flexibility index (Phi) is 7.43. The number of hydrogen-bond acceptors (Lipinski definition) is 8. The van der Waals surface area contributed by atoms with Gasteiger partial charge in [-0.15, -0.1) is 0 Å². The quantitative estimate of drug-likeness (QED) is 0.400. The van der Waals surface area contributed by atoms with Crippen LogP contribution in [0.4, 0.5) is 5.82 Å². The van der Waals surface area contributed by atoms with E-state index in [0.717, 1.165) is 43.7 Å². The van der Waals surface area contributed by atoms with Crippen LogP contribution in [0.2, 0.25) is 0 Å². The Labute approximate surface area is 247 Å². The molecule has 0 N–H and O–H groups in total. The van der Waals surface area contributed by atoms with Crippen LogP contribution in [-0.4, -0.2) is 90.3 Å². The number of ether oxygens (including phenoxy) is 2. The van der Waals surface area contributed by atoms with Gasteiger partial charge in [0.1, 0.15) is 12.4 Å². The lowest BCUT2D eigenvalue weighted by Crippen LogP contribution is -2.56. The number of nitriles is 1. The van der Waals surface area contributed by atoms with Gasteiger partial charge in [-0.2, -0.15) is 15.2 Å². The number of carbonyl (C=O) groups is 1. The molecular formula is C33H38N6O3. The van der Waals surface area contributed by atoms with Crippen molar-refractivity contribution in [1.82, 2.24) is 19.8 Å². The van der Waals surface area contributed by atoms with E-state index in [4.69, 9.17) is 19.4 Å². The molecule has 1 aliphatic carbocycles. The van der Waals surface area contributed by atoms with E-state index in [1.54, 1.807) is 0 Å². The molecule has 4 atom stereocenters. The number of epoxide rings is 1. The Morgan fingerprint density at radius 3 is 2.76 bits per heavy atom. The van der Waals surface area contributed by atoms with E-state index in [1.807, 2.05) is 4.90 Å². The number of rotatable bonds is 7. The van der Waals surface area contributed by atoms with Crippen LogP contribution in [-0.2, 0) is 22.4 Å². The van der Waals surface area contributed by atoms with Gasteiger partial charge < -0.3 is 24.2 Å². The lowest BCUT2D eigenvalue weighted by Gasteiger charge is -2.42. The number of nitrogens with zero attached hydrogens (tertiary/aromatic N) is 6. The van der Waals surface area contributed by atoms with Gasteiger partial charge in [-0.3, -0.25) is 4.79 Å². The number of carbonyl (C=O) groups excluding carboxylic acids is 1. The first-order valence-corrected chi connectivity index (χ1v) is 15.3. The first kappa shape index (κ1) is 27.1. The Hall–Kier alpha value is -3.74. The molecule has 9 heteroatoms. The molecule has 3 fully saturated rings. The van der Waals surface area contributed by atoms with Crippen LogP contribution in [0.3, 0.4) is 0 Å². The maximum atomic E-state index is 12.9. The van der Waals surface area contributed by atoms with Gasteiger partial charge in [0.15, 0.2) is 6.10 Å². The SMILES string of the molecule is CN1CCCC1COc1nc2c(c(N3CCN(C(=O)C4CO4)[C@@H](CC#N)C3)n1)CCC(c1cccc3ccccc13)C2. The summed E-state index contributed by atoms with van der Waals surface area (Å²) < 4.78 is 11.6. The number of benzene rings is 2. The van der Waals surface area contributed by atoms with Crippen molar-refractivity contribution in [3.8, 4) is 12.1 Å². The first-order chi connectivity index (χ1) is 20.6. The van der Waals surface area contributed by atoms with Crippen LogP contribution < -0.4 is 9.64 Å². The monoisotopic (exact) mass is 566 g/mol. The Morgan fingerprint density at radius 1 is 1.10 bits per heavy atom. The molecule has 2 aromatic carbocycles. The van der Waals surface area contributed by atoms with E-state index in [0.29, 0.717) is 50.8 Å². The fraction of sp³-hybridized carbons (Fsp3) is 0.515. The van der Waals surface area contributed by atoms with E-state index in [2.05, 4.69) is 65.4 Å². The summed E-state index contributed by atoms with van der Waals surface area (Å²) in [5, 5.41) is 12.2. The largest absolute Gasteiger partial charge is 0.462 e. The summed E-state index contributed by atoms with van der Waals surface area (Å²) in [6, 6.07) is 18.1. The molecule has 0 spiro atoms. The average Bonchev–Trinajstić information content (AvgIpc) is 3.80. The number of aromatic nitrogens is 2. The van der Waals surface area contributed by atoms with Gasteiger partial charge in [-0.05, 0) is 68.0 Å². The van der Waals surface area contributed by atoms with E-state index < -0.39 is 0 Å². The molecule has 9 nitrogen and oxygen atoms in total. The molecule has 1 amide bonds. The molecular weight excluding hydrogens is 528 g/mol. The van der Waals surface area contributed by atoms with Crippen molar-refractivity contribution >= 4 is 22.5 Å². The minimum atomic E-state index is -0.343. The molecule has 1 aromatic heterocycles. The summed E-state index contributed by atoms with van der Waals surface area (Å²) >= 11 is 0. The van der Waals surface area contributed by atoms with Gasteiger partial charge in [0.2, 0.25) is 0 Å². The molecule has 3 saturated heterocycles. The lowest BCUT2D eigenvalue weighted by molar-refractivity contribution is -0.135. The highest BCUT2D eigenvalue weighted by molar-refractivity contribution is 5.86. The van der Waals surface area contributed by atoms with E-state index in [9.17, 15) is 10.1 Å². The summed E-state index contributed by atoms with van der Waals surface area (Å²) in [6.45, 7) is 3.90. The number of likely N-dealkylation sites (N-methyl/N-ethyl adjacent to an activating group) is 1. The third-order valence-corrected chi connectivity index (χ3v) is 9.57. The normalized spacial score (nSPS) is 25.7. The van der Waals surface area contributed by atoms with Crippen LogP contribution in [0.1, 0.15) is 48.4 Å². The summed E-state index contributed by atoms with van der Waals surface area (Å²) in [5.41, 5.74) is 3.61. The lowest BCUT2D eigenvalue weighted by atomic mass is 9.80. The average molecular weight is 567 g/mol. The second-order valence-corrected chi connectivity index (χ2v) is 12.2. The fourth-order valence-corrected chi connectivity index (χ4v) is 7.13. The van der Waals surface area contributed by atoms with Gasteiger partial charge in [-0.1, -0.05) is 42.5 Å². The summed E-state index contributed by atoms with van der Waals surface area (Å²) in [6.07, 6.45) is 4.97. The molecule has 4 heterocycles. The number of anilines is 1. The summed E-state index contributed by atoms with van der Waals surface area (Å²) in [5.74, 6) is 1.27. The van der Waals surface area contributed by atoms with Gasteiger partial charge in [0, 0.05) is 31.2 Å². The molecule has 3 aliphatic heterocycles. The van der Waals surface area contributed by atoms with Crippen molar-refractivity contribution in [2.24, 2.45) is 0 Å². The standard InChI is InChI=1S/C33H38N6O3/c1-37-15-5-8-25(37)20-42-33-35-29-18-23(27-10-4-7-22-6-2-3-9-26(22)27)11-12-28(29)31(36-33)38-16-17-39(24(19-38)13-14-34)32(40)30-21-41-30/h2-4,6-7,9-10,23-25,30H,5,8,11-13,15-21H2,1H3/t23?,24-,25?,30?/m0/s1. The van der Waals surface area contributed by atoms with E-state index in [1.165, 1.54) is 28.3 Å². The highest BCUT2D eigenvalue weighted by Gasteiger charge is 2.41. The number of fused-ring (bicyclic) bond motifs is 2. The van der Waals surface area contributed by atoms with Crippen molar-refractivity contribution in [3.05, 3.63) is 59.3 Å². The molecule has 0 radical (unpaired) electrons. The molecule has 7 rings (SSSR count). The predicted octanol–water partition coefficient (Wildman–Crippen LogP) is 3.70.